The first-order chi connectivity index (χ1) is 8.66. The standard InChI is InChI=1S/C12H9N3O2S/c13-7-3-4-15-8(6-7)10(12(16)17)14-11(15)9-2-1-5-18-9/h1-6H,13H2,(H,16,17). The van der Waals surface area contributed by atoms with Gasteiger partial charge in [-0.25, -0.2) is 9.78 Å². The molecule has 0 amide bonds. The fourth-order valence-electron chi connectivity index (χ4n) is 1.84. The lowest BCUT2D eigenvalue weighted by Crippen LogP contribution is -1.97. The number of pyridine rings is 1. The number of aromatic carboxylic acids is 1. The number of carboxylic acid groups (broad SMARTS) is 1. The van der Waals surface area contributed by atoms with E-state index in [9.17, 15) is 9.90 Å². The number of rotatable bonds is 2. The zero-order chi connectivity index (χ0) is 12.7. The molecule has 0 aromatic carbocycles. The highest BCUT2D eigenvalue weighted by Crippen LogP contribution is 2.27. The largest absolute Gasteiger partial charge is 0.476 e. The smallest absolute Gasteiger partial charge is 0.356 e. The molecule has 0 bridgehead atoms. The van der Waals surface area contributed by atoms with Crippen LogP contribution in [0.4, 0.5) is 5.69 Å². The van der Waals surface area contributed by atoms with Gasteiger partial charge in [-0.05, 0) is 23.6 Å². The van der Waals surface area contributed by atoms with Crippen LogP contribution in [-0.2, 0) is 0 Å². The van der Waals surface area contributed by atoms with Gasteiger partial charge in [-0.3, -0.25) is 4.40 Å². The highest BCUT2D eigenvalue weighted by molar-refractivity contribution is 7.13. The third-order valence-corrected chi connectivity index (χ3v) is 3.48. The Kier molecular flexibility index (Phi) is 2.31. The van der Waals surface area contributed by atoms with Crippen LogP contribution in [0.15, 0.2) is 35.8 Å². The Labute approximate surface area is 106 Å². The fraction of sp³-hybridized carbons (Fsp3) is 0. The molecule has 0 aliphatic carbocycles. The predicted octanol–water partition coefficient (Wildman–Crippen LogP) is 2.34. The molecule has 0 fully saturated rings. The van der Waals surface area contributed by atoms with Gasteiger partial charge in [-0.2, -0.15) is 0 Å². The third kappa shape index (κ3) is 1.54. The molecule has 0 radical (unpaired) electrons. The molecule has 0 aliphatic rings. The number of fused-ring (bicyclic) bond motifs is 1. The number of carboxylic acids is 1. The van der Waals surface area contributed by atoms with E-state index in [1.807, 2.05) is 17.5 Å². The molecule has 0 aliphatic heterocycles. The molecular formula is C12H9N3O2S. The summed E-state index contributed by atoms with van der Waals surface area (Å²) in [5, 5.41) is 11.1. The van der Waals surface area contributed by atoms with Crippen LogP contribution in [0.5, 0.6) is 0 Å². The summed E-state index contributed by atoms with van der Waals surface area (Å²) in [6.07, 6.45) is 1.74. The van der Waals surface area contributed by atoms with Crippen molar-refractivity contribution < 1.29 is 9.90 Å². The summed E-state index contributed by atoms with van der Waals surface area (Å²) in [5.41, 5.74) is 6.73. The summed E-state index contributed by atoms with van der Waals surface area (Å²) in [4.78, 5) is 16.3. The first-order valence-electron chi connectivity index (χ1n) is 5.21. The van der Waals surface area contributed by atoms with Gasteiger partial charge in [0.05, 0.1) is 10.4 Å². The van der Waals surface area contributed by atoms with Crippen molar-refractivity contribution in [1.29, 1.82) is 0 Å². The maximum Gasteiger partial charge on any atom is 0.356 e. The number of nitrogens with zero attached hydrogens (tertiary/aromatic N) is 2. The topological polar surface area (TPSA) is 80.6 Å². The first kappa shape index (κ1) is 10.8. The Morgan fingerprint density at radius 1 is 1.44 bits per heavy atom. The van der Waals surface area contributed by atoms with Crippen molar-refractivity contribution in [2.75, 3.05) is 5.73 Å². The number of aromatic nitrogens is 2. The zero-order valence-corrected chi connectivity index (χ0v) is 10.0. The highest BCUT2D eigenvalue weighted by Gasteiger charge is 2.18. The lowest BCUT2D eigenvalue weighted by Gasteiger charge is -1.99. The van der Waals surface area contributed by atoms with E-state index >= 15 is 0 Å². The van der Waals surface area contributed by atoms with Gasteiger partial charge in [0.1, 0.15) is 0 Å². The van der Waals surface area contributed by atoms with E-state index in [2.05, 4.69) is 4.98 Å². The molecule has 90 valence electrons. The minimum Gasteiger partial charge on any atom is -0.476 e. The van der Waals surface area contributed by atoms with E-state index in [0.29, 0.717) is 17.0 Å². The quantitative estimate of drug-likeness (QED) is 0.740. The summed E-state index contributed by atoms with van der Waals surface area (Å²) in [6, 6.07) is 7.14. The fourth-order valence-corrected chi connectivity index (χ4v) is 2.55. The Bertz CT molecular complexity index is 731. The zero-order valence-electron chi connectivity index (χ0n) is 9.20. The van der Waals surface area contributed by atoms with Gasteiger partial charge in [0.25, 0.3) is 0 Å². The number of nitrogens with two attached hydrogens (primary N) is 1. The van der Waals surface area contributed by atoms with Gasteiger partial charge in [0.15, 0.2) is 11.5 Å². The van der Waals surface area contributed by atoms with Crippen LogP contribution in [0.3, 0.4) is 0 Å². The number of anilines is 1. The van der Waals surface area contributed by atoms with E-state index in [1.165, 1.54) is 11.3 Å². The lowest BCUT2D eigenvalue weighted by atomic mass is 10.3. The molecule has 0 saturated carbocycles. The monoisotopic (exact) mass is 259 g/mol. The molecule has 0 atom stereocenters. The number of nitrogen functional groups attached to an aromatic ring is 1. The second kappa shape index (κ2) is 3.85. The molecule has 3 heterocycles. The summed E-state index contributed by atoms with van der Waals surface area (Å²) in [6.45, 7) is 0. The Balaban J connectivity index is 2.37. The molecular weight excluding hydrogens is 250 g/mol. The maximum absolute atomic E-state index is 11.2. The summed E-state index contributed by atoms with van der Waals surface area (Å²) < 4.78 is 1.74. The van der Waals surface area contributed by atoms with Crippen LogP contribution in [0.1, 0.15) is 10.5 Å². The lowest BCUT2D eigenvalue weighted by molar-refractivity contribution is 0.0693. The Morgan fingerprint density at radius 2 is 2.28 bits per heavy atom. The number of hydrogen-bond acceptors (Lipinski definition) is 4. The van der Waals surface area contributed by atoms with Crippen LogP contribution in [0.2, 0.25) is 0 Å². The number of thiophene rings is 1. The molecule has 6 heteroatoms. The van der Waals surface area contributed by atoms with Crippen molar-refractivity contribution in [2.45, 2.75) is 0 Å². The van der Waals surface area contributed by atoms with E-state index in [4.69, 9.17) is 5.73 Å². The van der Waals surface area contributed by atoms with Crippen LogP contribution < -0.4 is 5.73 Å². The summed E-state index contributed by atoms with van der Waals surface area (Å²) in [5.74, 6) is -0.432. The number of imidazole rings is 1. The Hall–Kier alpha value is -2.34. The molecule has 3 aromatic rings. The predicted molar refractivity (Wildman–Crippen MR) is 69.9 cm³/mol. The van der Waals surface area contributed by atoms with Gasteiger partial charge in [-0.1, -0.05) is 6.07 Å². The van der Waals surface area contributed by atoms with Crippen molar-refractivity contribution in [1.82, 2.24) is 9.38 Å². The minimum absolute atomic E-state index is 0.0192. The first-order valence-corrected chi connectivity index (χ1v) is 6.09. The van der Waals surface area contributed by atoms with Crippen molar-refractivity contribution >= 4 is 28.5 Å². The van der Waals surface area contributed by atoms with Crippen LogP contribution in [0, 0.1) is 0 Å². The SMILES string of the molecule is Nc1ccn2c(-c3cccs3)nc(C(=O)O)c2c1. The third-order valence-electron chi connectivity index (χ3n) is 2.61. The summed E-state index contributed by atoms with van der Waals surface area (Å²) in [7, 11) is 0. The second-order valence-corrected chi connectivity index (χ2v) is 4.73. The second-order valence-electron chi connectivity index (χ2n) is 3.78. The molecule has 0 spiro atoms. The number of hydrogen-bond donors (Lipinski definition) is 2. The van der Waals surface area contributed by atoms with E-state index < -0.39 is 5.97 Å². The molecule has 0 saturated heterocycles. The van der Waals surface area contributed by atoms with Gasteiger partial charge < -0.3 is 10.8 Å². The van der Waals surface area contributed by atoms with E-state index in [1.54, 1.807) is 22.7 Å². The van der Waals surface area contributed by atoms with Crippen molar-refractivity contribution in [3.63, 3.8) is 0 Å². The molecule has 3 N–H and O–H groups in total. The average Bonchev–Trinajstić information content (AvgIpc) is 2.93. The minimum atomic E-state index is -1.05. The van der Waals surface area contributed by atoms with Crippen LogP contribution in [0.25, 0.3) is 16.2 Å². The van der Waals surface area contributed by atoms with Gasteiger partial charge >= 0.3 is 5.97 Å². The van der Waals surface area contributed by atoms with Gasteiger partial charge in [0.2, 0.25) is 0 Å². The molecule has 3 rings (SSSR count). The maximum atomic E-state index is 11.2. The van der Waals surface area contributed by atoms with Crippen molar-refractivity contribution in [2.24, 2.45) is 0 Å². The van der Waals surface area contributed by atoms with E-state index in [0.717, 1.165) is 4.88 Å². The normalized spacial score (nSPS) is 10.9. The van der Waals surface area contributed by atoms with Crippen LogP contribution >= 0.6 is 11.3 Å². The molecule has 18 heavy (non-hydrogen) atoms. The van der Waals surface area contributed by atoms with Crippen molar-refractivity contribution in [3.05, 3.63) is 41.5 Å². The number of carbonyl (C=O) groups is 1. The average molecular weight is 259 g/mol. The molecule has 5 nitrogen and oxygen atoms in total. The summed E-state index contributed by atoms with van der Waals surface area (Å²) >= 11 is 1.51. The van der Waals surface area contributed by atoms with Crippen LogP contribution in [-0.4, -0.2) is 20.5 Å². The Morgan fingerprint density at radius 3 is 2.94 bits per heavy atom. The van der Waals surface area contributed by atoms with E-state index in [-0.39, 0.29) is 5.69 Å². The van der Waals surface area contributed by atoms with Gasteiger partial charge in [0, 0.05) is 11.9 Å². The highest BCUT2D eigenvalue weighted by atomic mass is 32.1. The van der Waals surface area contributed by atoms with Gasteiger partial charge in [-0.15, -0.1) is 11.3 Å². The molecule has 0 unspecified atom stereocenters. The van der Waals surface area contributed by atoms with Crippen molar-refractivity contribution in [3.8, 4) is 10.7 Å². The molecule has 3 aromatic heterocycles.